The van der Waals surface area contributed by atoms with Gasteiger partial charge in [0.05, 0.1) is 5.92 Å². The van der Waals surface area contributed by atoms with Gasteiger partial charge < -0.3 is 21.3 Å². The Morgan fingerprint density at radius 3 is 2.44 bits per heavy atom. The molecule has 4 N–H and O–H groups in total. The van der Waals surface area contributed by atoms with Crippen molar-refractivity contribution in [2.75, 3.05) is 32.7 Å². The second-order valence-corrected chi connectivity index (χ2v) is 6.88. The summed E-state index contributed by atoms with van der Waals surface area (Å²) in [5, 5.41) is 0. The fourth-order valence-electron chi connectivity index (χ4n) is 4.00. The average Bonchev–Trinajstić information content (AvgIpc) is 3.06. The average molecular weight is 367 g/mol. The highest BCUT2D eigenvalue weighted by molar-refractivity contribution is 5.85. The van der Waals surface area contributed by atoms with Gasteiger partial charge in [-0.25, -0.2) is 4.79 Å². The molecule has 7 heteroatoms. The van der Waals surface area contributed by atoms with Crippen molar-refractivity contribution in [2.24, 2.45) is 23.3 Å². The minimum atomic E-state index is -0.434. The number of benzene rings is 1. The molecule has 6 nitrogen and oxygen atoms in total. The maximum Gasteiger partial charge on any atom is 0.314 e. The Morgan fingerprint density at radius 1 is 1.08 bits per heavy atom. The monoisotopic (exact) mass is 366 g/mol. The third-order valence-corrected chi connectivity index (χ3v) is 5.37. The second-order valence-electron chi connectivity index (χ2n) is 6.88. The highest BCUT2D eigenvalue weighted by Crippen LogP contribution is 2.33. The predicted molar refractivity (Wildman–Crippen MR) is 99.4 cm³/mol. The quantitative estimate of drug-likeness (QED) is 0.846. The lowest BCUT2D eigenvalue weighted by atomic mass is 9.89. The van der Waals surface area contributed by atoms with Crippen LogP contribution in [0.5, 0.6) is 0 Å². The van der Waals surface area contributed by atoms with E-state index in [1.807, 2.05) is 23.1 Å². The van der Waals surface area contributed by atoms with Crippen molar-refractivity contribution < 1.29 is 9.59 Å². The SMILES string of the molecule is Cl.NC[C@@H]1CN(C(=O)C2CCCN(C(N)=O)C2)C[C@H]1c1ccccc1. The summed E-state index contributed by atoms with van der Waals surface area (Å²) in [5.74, 6) is 0.570. The van der Waals surface area contributed by atoms with Crippen molar-refractivity contribution in [3.63, 3.8) is 0 Å². The first-order valence-corrected chi connectivity index (χ1v) is 8.68. The Balaban J connectivity index is 0.00000225. The van der Waals surface area contributed by atoms with Crippen LogP contribution in [-0.4, -0.2) is 54.5 Å². The van der Waals surface area contributed by atoms with Crippen LogP contribution in [0.15, 0.2) is 30.3 Å². The van der Waals surface area contributed by atoms with Crippen LogP contribution in [0, 0.1) is 11.8 Å². The molecule has 1 unspecified atom stereocenters. The van der Waals surface area contributed by atoms with Gasteiger partial charge in [0.25, 0.3) is 0 Å². The van der Waals surface area contributed by atoms with E-state index in [1.54, 1.807) is 4.90 Å². The van der Waals surface area contributed by atoms with Crippen molar-refractivity contribution in [3.05, 3.63) is 35.9 Å². The molecule has 1 aromatic rings. The molecule has 2 aliphatic rings. The van der Waals surface area contributed by atoms with E-state index in [1.165, 1.54) is 5.56 Å². The molecule has 3 atom stereocenters. The fourth-order valence-corrected chi connectivity index (χ4v) is 4.00. The summed E-state index contributed by atoms with van der Waals surface area (Å²) in [5.41, 5.74) is 12.6. The van der Waals surface area contributed by atoms with Crippen LogP contribution in [0.25, 0.3) is 0 Å². The Bertz CT molecular complexity index is 598. The van der Waals surface area contributed by atoms with Gasteiger partial charge in [0.2, 0.25) is 5.91 Å². The number of primary amides is 1. The van der Waals surface area contributed by atoms with Gasteiger partial charge in [0.15, 0.2) is 0 Å². The Hall–Kier alpha value is -1.79. The molecule has 0 bridgehead atoms. The molecular weight excluding hydrogens is 340 g/mol. The molecule has 2 heterocycles. The summed E-state index contributed by atoms with van der Waals surface area (Å²) in [7, 11) is 0. The molecule has 0 saturated carbocycles. The van der Waals surface area contributed by atoms with Gasteiger partial charge in [-0.3, -0.25) is 4.79 Å². The van der Waals surface area contributed by atoms with E-state index in [0.29, 0.717) is 32.7 Å². The smallest absolute Gasteiger partial charge is 0.314 e. The molecule has 138 valence electrons. The summed E-state index contributed by atoms with van der Waals surface area (Å²) in [6, 6.07) is 9.83. The first-order valence-electron chi connectivity index (χ1n) is 8.68. The van der Waals surface area contributed by atoms with Gasteiger partial charge in [-0.1, -0.05) is 30.3 Å². The van der Waals surface area contributed by atoms with Crippen LogP contribution in [0.4, 0.5) is 4.79 Å². The Morgan fingerprint density at radius 2 is 1.80 bits per heavy atom. The highest BCUT2D eigenvalue weighted by Gasteiger charge is 2.38. The molecular formula is C18H27ClN4O2. The molecule has 2 aliphatic heterocycles. The van der Waals surface area contributed by atoms with Crippen LogP contribution in [-0.2, 0) is 4.79 Å². The minimum Gasteiger partial charge on any atom is -0.351 e. The number of carbonyl (C=O) groups is 2. The second kappa shape index (κ2) is 8.54. The predicted octanol–water partition coefficient (Wildman–Crippen LogP) is 1.40. The van der Waals surface area contributed by atoms with Crippen molar-refractivity contribution in [3.8, 4) is 0 Å². The van der Waals surface area contributed by atoms with Crippen LogP contribution < -0.4 is 11.5 Å². The molecule has 2 saturated heterocycles. The van der Waals surface area contributed by atoms with Crippen molar-refractivity contribution in [2.45, 2.75) is 18.8 Å². The number of nitrogens with two attached hydrogens (primary N) is 2. The zero-order valence-corrected chi connectivity index (χ0v) is 15.2. The number of likely N-dealkylation sites (tertiary alicyclic amines) is 2. The van der Waals surface area contributed by atoms with E-state index in [4.69, 9.17) is 11.5 Å². The zero-order chi connectivity index (χ0) is 17.1. The zero-order valence-electron chi connectivity index (χ0n) is 14.3. The lowest BCUT2D eigenvalue weighted by Crippen LogP contribution is -2.48. The molecule has 25 heavy (non-hydrogen) atoms. The van der Waals surface area contributed by atoms with Crippen molar-refractivity contribution in [1.82, 2.24) is 9.80 Å². The van der Waals surface area contributed by atoms with Gasteiger partial charge in [-0.15, -0.1) is 12.4 Å². The number of carbonyl (C=O) groups excluding carboxylic acids is 2. The normalized spacial score (nSPS) is 26.2. The molecule has 0 spiro atoms. The summed E-state index contributed by atoms with van der Waals surface area (Å²) >= 11 is 0. The first kappa shape index (κ1) is 19.5. The van der Waals surface area contributed by atoms with E-state index < -0.39 is 6.03 Å². The van der Waals surface area contributed by atoms with E-state index in [-0.39, 0.29) is 36.1 Å². The van der Waals surface area contributed by atoms with Crippen molar-refractivity contribution in [1.29, 1.82) is 0 Å². The molecule has 1 aromatic carbocycles. The van der Waals surface area contributed by atoms with Crippen LogP contribution in [0.2, 0.25) is 0 Å². The molecule has 0 radical (unpaired) electrons. The summed E-state index contributed by atoms with van der Waals surface area (Å²) < 4.78 is 0. The van der Waals surface area contributed by atoms with E-state index in [9.17, 15) is 9.59 Å². The fraction of sp³-hybridized carbons (Fsp3) is 0.556. The molecule has 0 aliphatic carbocycles. The molecule has 0 aromatic heterocycles. The van der Waals surface area contributed by atoms with E-state index >= 15 is 0 Å². The maximum absolute atomic E-state index is 12.9. The van der Waals surface area contributed by atoms with Gasteiger partial charge in [0.1, 0.15) is 0 Å². The largest absolute Gasteiger partial charge is 0.351 e. The van der Waals surface area contributed by atoms with Crippen LogP contribution >= 0.6 is 12.4 Å². The minimum absolute atomic E-state index is 0. The van der Waals surface area contributed by atoms with Crippen molar-refractivity contribution >= 4 is 24.3 Å². The van der Waals surface area contributed by atoms with E-state index in [2.05, 4.69) is 12.1 Å². The van der Waals surface area contributed by atoms with Gasteiger partial charge in [-0.05, 0) is 30.9 Å². The van der Waals surface area contributed by atoms with Gasteiger partial charge in [0, 0.05) is 32.1 Å². The lowest BCUT2D eigenvalue weighted by Gasteiger charge is -2.33. The van der Waals surface area contributed by atoms with Gasteiger partial charge >= 0.3 is 6.03 Å². The number of hydrogen-bond donors (Lipinski definition) is 2. The standard InChI is InChI=1S/C18H26N4O2.ClH/c19-9-15-11-22(12-16(15)13-5-2-1-3-6-13)17(23)14-7-4-8-21(10-14)18(20)24;/h1-3,5-6,14-16H,4,7-12,19H2,(H2,20,24);1H/t14?,15-,16+;/m1./s1. The Kier molecular flexibility index (Phi) is 6.67. The number of piperidine rings is 1. The van der Waals surface area contributed by atoms with Crippen LogP contribution in [0.1, 0.15) is 24.3 Å². The summed E-state index contributed by atoms with van der Waals surface area (Å²) in [4.78, 5) is 27.8. The number of hydrogen-bond acceptors (Lipinski definition) is 3. The number of amides is 3. The Labute approximate surface area is 154 Å². The molecule has 2 fully saturated rings. The van der Waals surface area contributed by atoms with Crippen LogP contribution in [0.3, 0.4) is 0 Å². The third kappa shape index (κ3) is 4.25. The van der Waals surface area contributed by atoms with E-state index in [0.717, 1.165) is 12.8 Å². The maximum atomic E-state index is 12.9. The number of urea groups is 1. The number of halogens is 1. The lowest BCUT2D eigenvalue weighted by molar-refractivity contribution is -0.136. The molecule has 3 rings (SSSR count). The third-order valence-electron chi connectivity index (χ3n) is 5.37. The number of nitrogens with zero attached hydrogens (tertiary/aromatic N) is 2. The molecule has 3 amide bonds. The summed E-state index contributed by atoms with van der Waals surface area (Å²) in [6.45, 7) is 3.06. The first-order chi connectivity index (χ1) is 11.6. The topological polar surface area (TPSA) is 92.7 Å². The highest BCUT2D eigenvalue weighted by atomic mass is 35.5. The van der Waals surface area contributed by atoms with Gasteiger partial charge in [-0.2, -0.15) is 0 Å². The summed E-state index contributed by atoms with van der Waals surface area (Å²) in [6.07, 6.45) is 1.65. The number of rotatable bonds is 3.